The molecule has 0 bridgehead atoms. The van der Waals surface area contributed by atoms with E-state index in [0.717, 1.165) is 28.7 Å². The van der Waals surface area contributed by atoms with Crippen LogP contribution in [0.4, 0.5) is 5.95 Å². The van der Waals surface area contributed by atoms with Crippen molar-refractivity contribution in [2.75, 3.05) is 46.1 Å². The fourth-order valence-electron chi connectivity index (χ4n) is 3.98. The van der Waals surface area contributed by atoms with Gasteiger partial charge in [-0.3, -0.25) is 4.79 Å². The molecule has 2 heterocycles. The molecule has 10 heteroatoms. The lowest BCUT2D eigenvalue weighted by atomic mass is 10.1. The van der Waals surface area contributed by atoms with Crippen LogP contribution in [0.2, 0.25) is 0 Å². The molecule has 1 aromatic carbocycles. The van der Waals surface area contributed by atoms with Gasteiger partial charge < -0.3 is 29.7 Å². The van der Waals surface area contributed by atoms with E-state index in [1.54, 1.807) is 12.3 Å². The number of aromatic nitrogens is 3. The van der Waals surface area contributed by atoms with Crippen molar-refractivity contribution in [2.24, 2.45) is 12.0 Å². The molecule has 0 aliphatic heterocycles. The van der Waals surface area contributed by atoms with Gasteiger partial charge in [-0.15, -0.1) is 0 Å². The summed E-state index contributed by atoms with van der Waals surface area (Å²) in [5.41, 5.74) is 3.41. The van der Waals surface area contributed by atoms with Crippen molar-refractivity contribution >= 4 is 28.7 Å². The van der Waals surface area contributed by atoms with E-state index in [-0.39, 0.29) is 18.6 Å². The molecule has 0 saturated heterocycles. The lowest BCUT2D eigenvalue weighted by molar-refractivity contribution is -0.115. The van der Waals surface area contributed by atoms with Gasteiger partial charge >= 0.3 is 0 Å². The molecule has 3 aromatic rings. The first-order valence-electron chi connectivity index (χ1n) is 13.1. The van der Waals surface area contributed by atoms with E-state index in [9.17, 15) is 4.79 Å². The number of benzene rings is 1. The molecule has 0 saturated carbocycles. The summed E-state index contributed by atoms with van der Waals surface area (Å²) < 4.78 is 8.16. The predicted octanol–water partition coefficient (Wildman–Crippen LogP) is 4.02. The number of anilines is 1. The zero-order valence-corrected chi connectivity index (χ0v) is 24.3. The Hall–Kier alpha value is -4.44. The van der Waals surface area contributed by atoms with Crippen LogP contribution in [-0.2, 0) is 16.6 Å². The number of carbonyl (C=O) groups excluding carboxylic acids is 1. The van der Waals surface area contributed by atoms with Gasteiger partial charge in [0.15, 0.2) is 5.82 Å². The van der Waals surface area contributed by atoms with Gasteiger partial charge in [-0.05, 0) is 52.2 Å². The summed E-state index contributed by atoms with van der Waals surface area (Å²) in [5, 5.41) is 7.17. The van der Waals surface area contributed by atoms with Crippen LogP contribution in [-0.4, -0.2) is 83.0 Å². The molecule has 212 valence electrons. The third-order valence-corrected chi connectivity index (χ3v) is 5.96. The number of ether oxygens (including phenoxy) is 1. The smallest absolute Gasteiger partial charge is 0.247 e. The van der Waals surface area contributed by atoms with E-state index in [4.69, 9.17) is 14.7 Å². The van der Waals surface area contributed by atoms with Gasteiger partial charge in [-0.25, -0.2) is 9.97 Å². The van der Waals surface area contributed by atoms with Crippen LogP contribution in [0.5, 0.6) is 0 Å². The van der Waals surface area contributed by atoms with Crippen LogP contribution in [0.3, 0.4) is 0 Å². The van der Waals surface area contributed by atoms with Crippen LogP contribution in [0.25, 0.3) is 22.2 Å². The van der Waals surface area contributed by atoms with Gasteiger partial charge in [0, 0.05) is 56.0 Å². The van der Waals surface area contributed by atoms with E-state index in [1.807, 2.05) is 65.1 Å². The second kappa shape index (κ2) is 14.1. The van der Waals surface area contributed by atoms with E-state index >= 15 is 0 Å². The molecule has 2 aromatic heterocycles. The quantitative estimate of drug-likeness (QED) is 0.145. The van der Waals surface area contributed by atoms with Crippen molar-refractivity contribution in [3.8, 4) is 11.3 Å². The number of aryl methyl sites for hydroxylation is 1. The number of likely N-dealkylation sites (N-methyl/N-ethyl adjacent to an activating group) is 2. The maximum atomic E-state index is 12.1. The van der Waals surface area contributed by atoms with Crippen LogP contribution in [0.1, 0.15) is 13.8 Å². The zero-order chi connectivity index (χ0) is 29.2. The number of carbonyl (C=O) groups is 1. The molecule has 0 unspecified atom stereocenters. The average Bonchev–Trinajstić information content (AvgIpc) is 3.28. The van der Waals surface area contributed by atoms with Crippen LogP contribution >= 0.6 is 0 Å². The summed E-state index contributed by atoms with van der Waals surface area (Å²) in [4.78, 5) is 30.2. The van der Waals surface area contributed by atoms with Gasteiger partial charge in [-0.1, -0.05) is 31.4 Å². The Labute approximate surface area is 236 Å². The Balaban J connectivity index is 1.93. The first-order chi connectivity index (χ1) is 19.1. The maximum Gasteiger partial charge on any atom is 0.247 e. The first-order valence-corrected chi connectivity index (χ1v) is 13.1. The Morgan fingerprint density at radius 1 is 1.15 bits per heavy atom. The lowest BCUT2D eigenvalue weighted by Crippen LogP contribution is -2.32. The zero-order valence-electron chi connectivity index (χ0n) is 24.3. The van der Waals surface area contributed by atoms with Crippen molar-refractivity contribution in [3.63, 3.8) is 0 Å². The molecule has 0 aliphatic rings. The Bertz CT molecular complexity index is 1400. The summed E-state index contributed by atoms with van der Waals surface area (Å²) >= 11 is 0. The van der Waals surface area contributed by atoms with Crippen molar-refractivity contribution < 1.29 is 9.53 Å². The van der Waals surface area contributed by atoms with Gasteiger partial charge in [0.2, 0.25) is 17.8 Å². The average molecular weight is 545 g/mol. The van der Waals surface area contributed by atoms with Gasteiger partial charge in [-0.2, -0.15) is 4.99 Å². The number of allylic oxidation sites excluding steroid dienone is 1. The summed E-state index contributed by atoms with van der Waals surface area (Å²) in [6.45, 7) is 13.0. The first kappa shape index (κ1) is 30.1. The third kappa shape index (κ3) is 8.03. The molecule has 2 N–H and O–H groups in total. The number of aliphatic imine (C=N–C) groups is 1. The number of nitrogens with one attached hydrogen (secondary N) is 2. The highest BCUT2D eigenvalue weighted by Crippen LogP contribution is 2.29. The second-order valence-electron chi connectivity index (χ2n) is 9.82. The molecule has 0 fully saturated rings. The Morgan fingerprint density at radius 2 is 1.90 bits per heavy atom. The summed E-state index contributed by atoms with van der Waals surface area (Å²) in [6, 6.07) is 10.1. The molecular weight excluding hydrogens is 504 g/mol. The number of hydrogen-bond acceptors (Lipinski definition) is 8. The van der Waals surface area contributed by atoms with E-state index < -0.39 is 0 Å². The SMILES string of the molecule is C=CC(=O)N/C(C=C)=C(/N=C(CNc1nccc(-c2cn(C)c3ccccc23)n1)OC(C)C)N(C)CCN(C)C. The lowest BCUT2D eigenvalue weighted by Gasteiger charge is -2.25. The summed E-state index contributed by atoms with van der Waals surface area (Å²) in [7, 11) is 7.92. The minimum Gasteiger partial charge on any atom is -0.477 e. The number of amides is 1. The molecule has 1 amide bonds. The van der Waals surface area contributed by atoms with Crippen molar-refractivity contribution in [2.45, 2.75) is 20.0 Å². The van der Waals surface area contributed by atoms with Gasteiger partial charge in [0.05, 0.1) is 24.0 Å². The van der Waals surface area contributed by atoms with E-state index in [0.29, 0.717) is 29.9 Å². The molecule has 0 spiro atoms. The second-order valence-corrected chi connectivity index (χ2v) is 9.82. The minimum absolute atomic E-state index is 0.133. The summed E-state index contributed by atoms with van der Waals surface area (Å²) in [5.74, 6) is 1.01. The predicted molar refractivity (Wildman–Crippen MR) is 163 cm³/mol. The fraction of sp³-hybridized carbons (Fsp3) is 0.333. The van der Waals surface area contributed by atoms with E-state index in [2.05, 4.69) is 56.6 Å². The fourth-order valence-corrected chi connectivity index (χ4v) is 3.98. The maximum absolute atomic E-state index is 12.1. The number of nitrogens with zero attached hydrogens (tertiary/aromatic N) is 6. The molecule has 40 heavy (non-hydrogen) atoms. The van der Waals surface area contributed by atoms with Crippen molar-refractivity contribution in [3.05, 3.63) is 79.6 Å². The number of para-hydroxylation sites is 1. The number of fused-ring (bicyclic) bond motifs is 1. The molecule has 0 radical (unpaired) electrons. The van der Waals surface area contributed by atoms with Gasteiger partial charge in [0.25, 0.3) is 0 Å². The molecule has 0 atom stereocenters. The van der Waals surface area contributed by atoms with Crippen LogP contribution in [0.15, 0.2) is 84.5 Å². The highest BCUT2D eigenvalue weighted by molar-refractivity contribution is 5.95. The molecule has 3 rings (SSSR count). The topological polar surface area (TPSA) is 99.9 Å². The van der Waals surface area contributed by atoms with Crippen LogP contribution < -0.4 is 10.6 Å². The highest BCUT2D eigenvalue weighted by Gasteiger charge is 2.16. The van der Waals surface area contributed by atoms with Crippen molar-refractivity contribution in [1.29, 1.82) is 0 Å². The normalized spacial score (nSPS) is 12.3. The number of hydrogen-bond donors (Lipinski definition) is 2. The third-order valence-electron chi connectivity index (χ3n) is 5.96. The Kier molecular flexibility index (Phi) is 10.6. The standard InChI is InChI=1S/C30H40N8O2/c1-9-24(33-27(39)10-2)29(37(7)18-17-36(5)6)35-28(40-21(3)4)19-32-30-31-16-15-25(34-30)23-20-38(8)26-14-12-11-13-22(23)26/h9-16,20-21H,1-2,17-19H2,3-8H3,(H,33,39)(H,31,32,34)/b29-24-,35-28?. The number of rotatable bonds is 13. The monoisotopic (exact) mass is 544 g/mol. The highest BCUT2D eigenvalue weighted by atomic mass is 16.5. The van der Waals surface area contributed by atoms with Crippen molar-refractivity contribution in [1.82, 2.24) is 29.7 Å². The molecule has 0 aliphatic carbocycles. The van der Waals surface area contributed by atoms with Gasteiger partial charge in [0.1, 0.15) is 0 Å². The Morgan fingerprint density at radius 3 is 2.58 bits per heavy atom. The molecule has 10 nitrogen and oxygen atoms in total. The minimum atomic E-state index is -0.355. The van der Waals surface area contributed by atoms with E-state index in [1.165, 1.54) is 6.08 Å². The molecular formula is C30H40N8O2. The van der Waals surface area contributed by atoms with Crippen LogP contribution in [0, 0.1) is 0 Å². The summed E-state index contributed by atoms with van der Waals surface area (Å²) in [6.07, 6.45) is 6.43. The largest absolute Gasteiger partial charge is 0.477 e.